The smallest absolute Gasteiger partial charge is 0.295 e. The number of hydrogen-bond donors (Lipinski definition) is 1. The molecule has 1 aliphatic heterocycles. The Morgan fingerprint density at radius 3 is 2.32 bits per heavy atom. The van der Waals surface area contributed by atoms with Gasteiger partial charge in [0, 0.05) is 19.0 Å². The summed E-state index contributed by atoms with van der Waals surface area (Å²) in [5, 5.41) is 6.63. The summed E-state index contributed by atoms with van der Waals surface area (Å²) in [5.41, 5.74) is 1.66. The Morgan fingerprint density at radius 2 is 1.76 bits per heavy atom. The Bertz CT molecular complexity index is 885. The van der Waals surface area contributed by atoms with Crippen LogP contribution in [0.25, 0.3) is 11.4 Å². The summed E-state index contributed by atoms with van der Waals surface area (Å²) < 4.78 is 2.60. The molecule has 7 heteroatoms. The predicted molar refractivity (Wildman–Crippen MR) is 93.0 cm³/mol. The number of hydrogen-bond acceptors (Lipinski definition) is 4. The first-order valence-electron chi connectivity index (χ1n) is 8.28. The minimum absolute atomic E-state index is 0.0382. The Labute approximate surface area is 145 Å². The van der Waals surface area contributed by atoms with Gasteiger partial charge in [-0.3, -0.25) is 19.5 Å². The average molecular weight is 342 g/mol. The highest BCUT2D eigenvalue weighted by molar-refractivity contribution is 5.99. The zero-order chi connectivity index (χ0) is 18.4. The second-order valence-electron chi connectivity index (χ2n) is 7.40. The summed E-state index contributed by atoms with van der Waals surface area (Å²) in [4.78, 5) is 35.8. The fourth-order valence-corrected chi connectivity index (χ4v) is 2.95. The number of nitrogens with zero attached hydrogens (tertiary/aromatic N) is 3. The normalized spacial score (nSPS) is 18.3. The van der Waals surface area contributed by atoms with Gasteiger partial charge in [-0.15, -0.1) is 5.10 Å². The topological polar surface area (TPSA) is 86.0 Å². The molecular formula is C18H22N4O3. The Hall–Kier alpha value is -2.70. The summed E-state index contributed by atoms with van der Waals surface area (Å²) in [6.45, 7) is 6.40. The Balaban J connectivity index is 1.98. The largest absolute Gasteiger partial charge is 0.346 e. The van der Waals surface area contributed by atoms with E-state index in [2.05, 4.69) is 31.2 Å². The fourth-order valence-electron chi connectivity index (χ4n) is 2.95. The SMILES string of the molecule is Cn1c(-c2ccc(C(C)(C)C)cc2)nn(C2CCC(=O)NC2=O)c1=O. The van der Waals surface area contributed by atoms with Crippen molar-refractivity contribution in [2.45, 2.75) is 45.1 Å². The number of amides is 2. The Kier molecular flexibility index (Phi) is 4.10. The van der Waals surface area contributed by atoms with Crippen molar-refractivity contribution >= 4 is 11.8 Å². The van der Waals surface area contributed by atoms with Gasteiger partial charge < -0.3 is 0 Å². The summed E-state index contributed by atoms with van der Waals surface area (Å²) >= 11 is 0. The standard InChI is InChI=1S/C18H22N4O3/c1-18(2,3)12-7-5-11(6-8-12)15-20-22(17(25)21(15)4)13-9-10-14(23)19-16(13)24/h5-8,13H,9-10H2,1-4H3,(H,19,23,24). The third-order valence-corrected chi connectivity index (χ3v) is 4.52. The fraction of sp³-hybridized carbons (Fsp3) is 0.444. The number of carbonyl (C=O) groups excluding carboxylic acids is 2. The van der Waals surface area contributed by atoms with Crippen molar-refractivity contribution in [3.05, 3.63) is 40.3 Å². The number of imide groups is 1. The van der Waals surface area contributed by atoms with Crippen molar-refractivity contribution in [3.63, 3.8) is 0 Å². The van der Waals surface area contributed by atoms with Crippen LogP contribution in [0.5, 0.6) is 0 Å². The minimum atomic E-state index is -0.751. The van der Waals surface area contributed by atoms with Crippen LogP contribution in [0.15, 0.2) is 29.1 Å². The highest BCUT2D eigenvalue weighted by Crippen LogP contribution is 2.25. The van der Waals surface area contributed by atoms with Gasteiger partial charge in [0.15, 0.2) is 5.82 Å². The van der Waals surface area contributed by atoms with Gasteiger partial charge in [-0.1, -0.05) is 45.0 Å². The molecule has 0 bridgehead atoms. The van der Waals surface area contributed by atoms with Crippen LogP contribution in [0, 0.1) is 0 Å². The third-order valence-electron chi connectivity index (χ3n) is 4.52. The van der Waals surface area contributed by atoms with Crippen LogP contribution in [0.3, 0.4) is 0 Å². The maximum Gasteiger partial charge on any atom is 0.346 e. The number of rotatable bonds is 2. The van der Waals surface area contributed by atoms with Gasteiger partial charge >= 0.3 is 5.69 Å². The summed E-state index contributed by atoms with van der Waals surface area (Å²) in [6.07, 6.45) is 0.485. The second kappa shape index (κ2) is 5.98. The molecule has 1 unspecified atom stereocenters. The molecule has 25 heavy (non-hydrogen) atoms. The van der Waals surface area contributed by atoms with Crippen LogP contribution in [-0.4, -0.2) is 26.2 Å². The average Bonchev–Trinajstić information content (AvgIpc) is 2.83. The zero-order valence-corrected chi connectivity index (χ0v) is 14.9. The molecular weight excluding hydrogens is 320 g/mol. The quantitative estimate of drug-likeness (QED) is 0.839. The third kappa shape index (κ3) is 3.14. The van der Waals surface area contributed by atoms with Crippen LogP contribution >= 0.6 is 0 Å². The number of piperidine rings is 1. The van der Waals surface area contributed by atoms with Crippen molar-refractivity contribution in [1.82, 2.24) is 19.7 Å². The summed E-state index contributed by atoms with van der Waals surface area (Å²) in [5.74, 6) is -0.301. The van der Waals surface area contributed by atoms with Gasteiger partial charge in [0.25, 0.3) is 5.91 Å². The first-order chi connectivity index (χ1) is 11.7. The van der Waals surface area contributed by atoms with Crippen molar-refractivity contribution in [1.29, 1.82) is 0 Å². The molecule has 0 radical (unpaired) electrons. The van der Waals surface area contributed by atoms with Crippen molar-refractivity contribution < 1.29 is 9.59 Å². The lowest BCUT2D eigenvalue weighted by molar-refractivity contribution is -0.136. The second-order valence-corrected chi connectivity index (χ2v) is 7.40. The van der Waals surface area contributed by atoms with Gasteiger partial charge in [0.2, 0.25) is 5.91 Å². The van der Waals surface area contributed by atoms with E-state index < -0.39 is 11.9 Å². The lowest BCUT2D eigenvalue weighted by Crippen LogP contribution is -2.44. The molecule has 1 aromatic carbocycles. The number of carbonyl (C=O) groups is 2. The molecule has 1 fully saturated rings. The molecule has 1 aliphatic rings. The van der Waals surface area contributed by atoms with Crippen LogP contribution < -0.4 is 11.0 Å². The van der Waals surface area contributed by atoms with Crippen LogP contribution in [0.2, 0.25) is 0 Å². The summed E-state index contributed by atoms with van der Waals surface area (Å²) in [7, 11) is 1.63. The molecule has 7 nitrogen and oxygen atoms in total. The van der Waals surface area contributed by atoms with Crippen molar-refractivity contribution in [2.75, 3.05) is 0 Å². The van der Waals surface area contributed by atoms with Crippen molar-refractivity contribution in [3.8, 4) is 11.4 Å². The molecule has 3 rings (SSSR count). The van der Waals surface area contributed by atoms with E-state index >= 15 is 0 Å². The van der Waals surface area contributed by atoms with Crippen LogP contribution in [0.4, 0.5) is 0 Å². The first kappa shape index (κ1) is 17.1. The van der Waals surface area contributed by atoms with Crippen molar-refractivity contribution in [2.24, 2.45) is 7.05 Å². The van der Waals surface area contributed by atoms with Crippen LogP contribution in [-0.2, 0) is 22.1 Å². The van der Waals surface area contributed by atoms with E-state index in [9.17, 15) is 14.4 Å². The van der Waals surface area contributed by atoms with E-state index in [1.165, 1.54) is 14.8 Å². The van der Waals surface area contributed by atoms with Gasteiger partial charge in [-0.2, -0.15) is 0 Å². The molecule has 132 valence electrons. The maximum atomic E-state index is 12.5. The predicted octanol–water partition coefficient (Wildman–Crippen LogP) is 1.52. The Morgan fingerprint density at radius 1 is 1.12 bits per heavy atom. The number of nitrogens with one attached hydrogen (secondary N) is 1. The van der Waals surface area contributed by atoms with Gasteiger partial charge in [-0.25, -0.2) is 9.48 Å². The molecule has 1 atom stereocenters. The van der Waals surface area contributed by atoms with Gasteiger partial charge in [-0.05, 0) is 17.4 Å². The van der Waals surface area contributed by atoms with E-state index in [1.54, 1.807) is 7.05 Å². The molecule has 2 aromatic rings. The molecule has 0 spiro atoms. The van der Waals surface area contributed by atoms with E-state index in [0.29, 0.717) is 5.82 Å². The zero-order valence-electron chi connectivity index (χ0n) is 14.9. The lowest BCUT2D eigenvalue weighted by Gasteiger charge is -2.19. The van der Waals surface area contributed by atoms with Gasteiger partial charge in [0.1, 0.15) is 6.04 Å². The molecule has 1 aromatic heterocycles. The molecule has 1 saturated heterocycles. The molecule has 0 aliphatic carbocycles. The minimum Gasteiger partial charge on any atom is -0.295 e. The van der Waals surface area contributed by atoms with Crippen LogP contribution in [0.1, 0.15) is 45.2 Å². The highest BCUT2D eigenvalue weighted by Gasteiger charge is 2.31. The first-order valence-corrected chi connectivity index (χ1v) is 8.28. The van der Waals surface area contributed by atoms with E-state index in [4.69, 9.17) is 0 Å². The monoisotopic (exact) mass is 342 g/mol. The molecule has 2 amide bonds. The van der Waals surface area contributed by atoms with E-state index in [-0.39, 0.29) is 29.9 Å². The maximum absolute atomic E-state index is 12.5. The molecule has 1 N–H and O–H groups in total. The lowest BCUT2D eigenvalue weighted by atomic mass is 9.87. The summed E-state index contributed by atoms with van der Waals surface area (Å²) in [6, 6.07) is 7.14. The highest BCUT2D eigenvalue weighted by atomic mass is 16.2. The molecule has 2 heterocycles. The number of benzene rings is 1. The van der Waals surface area contributed by atoms with Gasteiger partial charge in [0.05, 0.1) is 0 Å². The van der Waals surface area contributed by atoms with E-state index in [0.717, 1.165) is 5.56 Å². The number of aromatic nitrogens is 3. The van der Waals surface area contributed by atoms with E-state index in [1.807, 2.05) is 24.3 Å². The molecule has 0 saturated carbocycles.